The van der Waals surface area contributed by atoms with Gasteiger partial charge in [-0.05, 0) is 19.1 Å². The minimum Gasteiger partial charge on any atom is -0.507 e. The van der Waals surface area contributed by atoms with Gasteiger partial charge in [-0.3, -0.25) is 4.79 Å². The summed E-state index contributed by atoms with van der Waals surface area (Å²) in [6.45, 7) is 1.06. The SMILES string of the molecule is CC(=O)c1cc(F)cc(C(F)F)c1O. The van der Waals surface area contributed by atoms with Crippen LogP contribution in [0.3, 0.4) is 0 Å². The van der Waals surface area contributed by atoms with Crippen LogP contribution in [-0.4, -0.2) is 10.9 Å². The number of rotatable bonds is 2. The number of hydrogen-bond donors (Lipinski definition) is 1. The van der Waals surface area contributed by atoms with Crippen molar-refractivity contribution < 1.29 is 23.1 Å². The van der Waals surface area contributed by atoms with E-state index in [9.17, 15) is 23.1 Å². The minimum absolute atomic E-state index is 0.430. The predicted octanol–water partition coefficient (Wildman–Crippen LogP) is 2.67. The Morgan fingerprint density at radius 1 is 1.43 bits per heavy atom. The van der Waals surface area contributed by atoms with Crippen LogP contribution in [0.1, 0.15) is 29.3 Å². The van der Waals surface area contributed by atoms with Crippen molar-refractivity contribution in [2.75, 3.05) is 0 Å². The number of carbonyl (C=O) groups excluding carboxylic acids is 1. The van der Waals surface area contributed by atoms with Crippen molar-refractivity contribution >= 4 is 5.78 Å². The van der Waals surface area contributed by atoms with Crippen LogP contribution in [0.4, 0.5) is 13.2 Å². The van der Waals surface area contributed by atoms with E-state index in [1.807, 2.05) is 0 Å². The number of halogens is 3. The number of Topliss-reactive ketones (excluding diaryl/α,β-unsaturated/α-hetero) is 1. The molecule has 1 aromatic rings. The van der Waals surface area contributed by atoms with E-state index >= 15 is 0 Å². The van der Waals surface area contributed by atoms with Crippen LogP contribution in [0.2, 0.25) is 0 Å². The summed E-state index contributed by atoms with van der Waals surface area (Å²) in [7, 11) is 0. The molecule has 76 valence electrons. The Morgan fingerprint density at radius 3 is 2.43 bits per heavy atom. The summed E-state index contributed by atoms with van der Waals surface area (Å²) in [5.41, 5.74) is -1.30. The standard InChI is InChI=1S/C9H7F3O2/c1-4(13)6-2-5(10)3-7(8(6)14)9(11)12/h2-3,9,14H,1H3. The molecule has 1 N–H and O–H groups in total. The summed E-state index contributed by atoms with van der Waals surface area (Å²) in [6, 6.07) is 1.23. The average molecular weight is 204 g/mol. The van der Waals surface area contributed by atoms with Gasteiger partial charge >= 0.3 is 0 Å². The first-order valence-corrected chi connectivity index (χ1v) is 3.75. The lowest BCUT2D eigenvalue weighted by Crippen LogP contribution is -1.98. The van der Waals surface area contributed by atoms with E-state index in [4.69, 9.17) is 0 Å². The molecule has 0 aliphatic heterocycles. The number of hydrogen-bond acceptors (Lipinski definition) is 2. The second-order valence-corrected chi connectivity index (χ2v) is 2.75. The number of aromatic hydroxyl groups is 1. The fraction of sp³-hybridized carbons (Fsp3) is 0.222. The van der Waals surface area contributed by atoms with Gasteiger partial charge in [-0.2, -0.15) is 0 Å². The Morgan fingerprint density at radius 2 is 2.00 bits per heavy atom. The zero-order chi connectivity index (χ0) is 10.9. The fourth-order valence-corrected chi connectivity index (χ4v) is 1.06. The Kier molecular flexibility index (Phi) is 2.78. The van der Waals surface area contributed by atoms with Crippen molar-refractivity contribution in [1.82, 2.24) is 0 Å². The minimum atomic E-state index is -3.01. The number of alkyl halides is 2. The number of phenols is 1. The summed E-state index contributed by atoms with van der Waals surface area (Å²) in [4.78, 5) is 10.8. The lowest BCUT2D eigenvalue weighted by molar-refractivity contribution is 0.101. The van der Waals surface area contributed by atoms with Crippen molar-refractivity contribution in [3.63, 3.8) is 0 Å². The van der Waals surface area contributed by atoms with Gasteiger partial charge in [0.1, 0.15) is 11.6 Å². The predicted molar refractivity (Wildman–Crippen MR) is 43.0 cm³/mol. The highest BCUT2D eigenvalue weighted by molar-refractivity contribution is 5.97. The van der Waals surface area contributed by atoms with Gasteiger partial charge in [-0.15, -0.1) is 0 Å². The molecule has 0 atom stereocenters. The third kappa shape index (κ3) is 1.86. The van der Waals surface area contributed by atoms with Crippen molar-refractivity contribution in [3.8, 4) is 5.75 Å². The molecule has 5 heteroatoms. The van der Waals surface area contributed by atoms with Gasteiger partial charge in [-0.1, -0.05) is 0 Å². The topological polar surface area (TPSA) is 37.3 Å². The Hall–Kier alpha value is -1.52. The fourth-order valence-electron chi connectivity index (χ4n) is 1.06. The van der Waals surface area contributed by atoms with E-state index in [2.05, 4.69) is 0 Å². The van der Waals surface area contributed by atoms with Crippen molar-refractivity contribution in [2.45, 2.75) is 13.3 Å². The van der Waals surface area contributed by atoms with Crippen molar-refractivity contribution in [2.24, 2.45) is 0 Å². The Labute approximate surface area is 78.0 Å². The second kappa shape index (κ2) is 3.69. The van der Waals surface area contributed by atoms with Gasteiger partial charge in [0.2, 0.25) is 0 Å². The molecule has 0 aliphatic rings. The smallest absolute Gasteiger partial charge is 0.267 e. The van der Waals surface area contributed by atoms with Crippen molar-refractivity contribution in [3.05, 3.63) is 29.1 Å². The van der Waals surface area contributed by atoms with E-state index in [0.717, 1.165) is 13.0 Å². The number of carbonyl (C=O) groups is 1. The Balaban J connectivity index is 3.40. The van der Waals surface area contributed by atoms with E-state index in [-0.39, 0.29) is 0 Å². The molecule has 14 heavy (non-hydrogen) atoms. The molecule has 0 aliphatic carbocycles. The molecule has 0 heterocycles. The first-order valence-electron chi connectivity index (χ1n) is 3.75. The first-order chi connectivity index (χ1) is 6.43. The van der Waals surface area contributed by atoms with Crippen LogP contribution < -0.4 is 0 Å². The van der Waals surface area contributed by atoms with E-state index in [1.165, 1.54) is 0 Å². The lowest BCUT2D eigenvalue weighted by atomic mass is 10.1. The highest BCUT2D eigenvalue weighted by Gasteiger charge is 2.19. The summed E-state index contributed by atoms with van der Waals surface area (Å²) in [5.74, 6) is -2.49. The highest BCUT2D eigenvalue weighted by Crippen LogP contribution is 2.32. The van der Waals surface area contributed by atoms with Crippen LogP contribution in [0.25, 0.3) is 0 Å². The highest BCUT2D eigenvalue weighted by atomic mass is 19.3. The van der Waals surface area contributed by atoms with Crippen LogP contribution >= 0.6 is 0 Å². The van der Waals surface area contributed by atoms with Gasteiger partial charge < -0.3 is 5.11 Å². The molecule has 0 fully saturated rings. The third-order valence-electron chi connectivity index (χ3n) is 1.72. The van der Waals surface area contributed by atoms with Gasteiger partial charge in [0, 0.05) is 0 Å². The van der Waals surface area contributed by atoms with Crippen LogP contribution in [-0.2, 0) is 0 Å². The van der Waals surface area contributed by atoms with Gasteiger partial charge in [0.25, 0.3) is 6.43 Å². The molecule has 0 radical (unpaired) electrons. The summed E-state index contributed by atoms with van der Waals surface area (Å²) in [6.07, 6.45) is -3.01. The molecule has 0 bridgehead atoms. The van der Waals surface area contributed by atoms with Crippen LogP contribution in [0.5, 0.6) is 5.75 Å². The van der Waals surface area contributed by atoms with E-state index in [1.54, 1.807) is 0 Å². The number of phenolic OH excluding ortho intramolecular Hbond substituents is 1. The maximum absolute atomic E-state index is 12.7. The maximum Gasteiger partial charge on any atom is 0.267 e. The zero-order valence-electron chi connectivity index (χ0n) is 7.22. The molecular weight excluding hydrogens is 197 g/mol. The molecular formula is C9H7F3O2. The molecule has 1 rings (SSSR count). The molecule has 0 unspecified atom stereocenters. The molecule has 1 aromatic carbocycles. The summed E-state index contributed by atoms with van der Waals surface area (Å²) >= 11 is 0. The van der Waals surface area contributed by atoms with Crippen LogP contribution in [0, 0.1) is 5.82 Å². The van der Waals surface area contributed by atoms with E-state index < -0.39 is 34.9 Å². The van der Waals surface area contributed by atoms with Crippen molar-refractivity contribution in [1.29, 1.82) is 0 Å². The molecule has 0 spiro atoms. The number of ketones is 1. The lowest BCUT2D eigenvalue weighted by Gasteiger charge is -2.07. The van der Waals surface area contributed by atoms with Gasteiger partial charge in [0.15, 0.2) is 5.78 Å². The monoisotopic (exact) mass is 204 g/mol. The summed E-state index contributed by atoms with van der Waals surface area (Å²) < 4.78 is 37.2. The number of benzene rings is 1. The molecule has 0 amide bonds. The molecule has 0 saturated carbocycles. The molecule has 2 nitrogen and oxygen atoms in total. The third-order valence-corrected chi connectivity index (χ3v) is 1.72. The quantitative estimate of drug-likeness (QED) is 0.752. The average Bonchev–Trinajstić information content (AvgIpc) is 2.07. The second-order valence-electron chi connectivity index (χ2n) is 2.75. The van der Waals surface area contributed by atoms with E-state index in [0.29, 0.717) is 6.07 Å². The van der Waals surface area contributed by atoms with Gasteiger partial charge in [0.05, 0.1) is 11.1 Å². The first kappa shape index (κ1) is 10.6. The zero-order valence-corrected chi connectivity index (χ0v) is 7.22. The summed E-state index contributed by atoms with van der Waals surface area (Å²) in [5, 5.41) is 9.19. The van der Waals surface area contributed by atoms with Crippen LogP contribution in [0.15, 0.2) is 12.1 Å². The Bertz CT molecular complexity index is 375. The largest absolute Gasteiger partial charge is 0.507 e. The molecule has 0 aromatic heterocycles. The maximum atomic E-state index is 12.7. The molecule has 0 saturated heterocycles. The normalized spacial score (nSPS) is 10.6. The van der Waals surface area contributed by atoms with Gasteiger partial charge in [-0.25, -0.2) is 13.2 Å².